The van der Waals surface area contributed by atoms with Gasteiger partial charge in [-0.15, -0.1) is 0 Å². The van der Waals surface area contributed by atoms with Gasteiger partial charge in [0.2, 0.25) is 0 Å². The van der Waals surface area contributed by atoms with Crippen LogP contribution in [0.1, 0.15) is 70.2 Å². The number of hydrogen-bond acceptors (Lipinski definition) is 7. The van der Waals surface area contributed by atoms with Gasteiger partial charge in [-0.3, -0.25) is 24.5 Å². The van der Waals surface area contributed by atoms with Crippen molar-refractivity contribution in [2.24, 2.45) is 16.6 Å². The summed E-state index contributed by atoms with van der Waals surface area (Å²) in [6, 6.07) is 11.4. The monoisotopic (exact) mass is 554 g/mol. The summed E-state index contributed by atoms with van der Waals surface area (Å²) in [5, 5.41) is 0. The van der Waals surface area contributed by atoms with Crippen LogP contribution in [-0.4, -0.2) is 50.8 Å². The zero-order chi connectivity index (χ0) is 28.1. The van der Waals surface area contributed by atoms with Gasteiger partial charge in [0, 0.05) is 37.1 Å². The number of carbonyl (C=O) groups excluding carboxylic acids is 2. The van der Waals surface area contributed by atoms with Crippen molar-refractivity contribution in [3.05, 3.63) is 94.3 Å². The highest BCUT2D eigenvalue weighted by molar-refractivity contribution is 6.08. The third-order valence-corrected chi connectivity index (χ3v) is 9.00. The molecule has 3 aliphatic heterocycles. The predicted molar refractivity (Wildman–Crippen MR) is 148 cm³/mol. The maximum absolute atomic E-state index is 14.6. The summed E-state index contributed by atoms with van der Waals surface area (Å²) in [7, 11) is 0. The molecule has 2 N–H and O–H groups in total. The Kier molecular flexibility index (Phi) is 6.30. The zero-order valence-corrected chi connectivity index (χ0v) is 22.6. The summed E-state index contributed by atoms with van der Waals surface area (Å²) in [4.78, 5) is 45.2. The van der Waals surface area contributed by atoms with E-state index in [9.17, 15) is 14.0 Å². The van der Waals surface area contributed by atoms with E-state index in [1.807, 2.05) is 18.2 Å². The minimum Gasteiger partial charge on any atom is -0.381 e. The number of carbonyl (C=O) groups is 2. The topological polar surface area (TPSA) is 114 Å². The van der Waals surface area contributed by atoms with E-state index in [0.717, 1.165) is 35.4 Å². The lowest BCUT2D eigenvalue weighted by Crippen LogP contribution is -2.49. The lowest BCUT2D eigenvalue weighted by atomic mass is 9.73. The summed E-state index contributed by atoms with van der Waals surface area (Å²) in [5.74, 6) is -0.647. The fourth-order valence-electron chi connectivity index (χ4n) is 6.96. The standard InChI is InChI=1S/C31H31FN6O3/c32-23-8-6-21(7-9-23)31(22-10-14-41-15-11-22)29(40)38(30(33)36-31)27-3-1-2-19-4-5-20(16-24(19)27)28(39)37-17-25-26(18-37)35-13-12-34-25/h4-9,12-13,16,22,27H,1-3,10-11,14-15,17-18H2,(H2,33,36)/t27-,31+/m1/s1. The Bertz CT molecular complexity index is 1530. The molecule has 1 saturated heterocycles. The van der Waals surface area contributed by atoms with Crippen LogP contribution in [0.4, 0.5) is 4.39 Å². The van der Waals surface area contributed by atoms with Crippen molar-refractivity contribution in [1.82, 2.24) is 19.8 Å². The Morgan fingerprint density at radius 1 is 1.00 bits per heavy atom. The number of nitrogens with two attached hydrogens (primary N) is 1. The van der Waals surface area contributed by atoms with Gasteiger partial charge in [0.15, 0.2) is 11.5 Å². The Hall–Kier alpha value is -4.18. The number of hydrogen-bond donors (Lipinski definition) is 1. The van der Waals surface area contributed by atoms with E-state index < -0.39 is 5.54 Å². The number of aryl methyl sites for hydroxylation is 1. The number of aliphatic imine (C=N–C) groups is 1. The highest BCUT2D eigenvalue weighted by atomic mass is 19.1. The second-order valence-electron chi connectivity index (χ2n) is 11.2. The number of rotatable bonds is 4. The van der Waals surface area contributed by atoms with Gasteiger partial charge in [-0.1, -0.05) is 18.2 Å². The van der Waals surface area contributed by atoms with E-state index in [4.69, 9.17) is 15.5 Å². The molecule has 1 aliphatic carbocycles. The van der Waals surface area contributed by atoms with Crippen LogP contribution in [0.2, 0.25) is 0 Å². The Balaban J connectivity index is 1.23. The molecule has 0 radical (unpaired) electrons. The number of ether oxygens (including phenoxy) is 1. The van der Waals surface area contributed by atoms with E-state index in [-0.39, 0.29) is 35.6 Å². The summed E-state index contributed by atoms with van der Waals surface area (Å²) < 4.78 is 19.5. The second-order valence-corrected chi connectivity index (χ2v) is 11.2. The molecule has 9 nitrogen and oxygen atoms in total. The molecule has 1 aromatic heterocycles. The molecule has 10 heteroatoms. The van der Waals surface area contributed by atoms with E-state index in [1.165, 1.54) is 12.1 Å². The SMILES string of the molecule is NC1=N[C@@](c2ccc(F)cc2)(C2CCOCC2)C(=O)N1[C@@H]1CCCc2ccc(C(=O)N3Cc4nccnc4C3)cc21. The fourth-order valence-corrected chi connectivity index (χ4v) is 6.96. The highest BCUT2D eigenvalue weighted by Gasteiger charge is 2.56. The number of fused-ring (bicyclic) bond motifs is 2. The molecule has 0 unspecified atom stereocenters. The minimum absolute atomic E-state index is 0.103. The first-order valence-electron chi connectivity index (χ1n) is 14.2. The average Bonchev–Trinajstić information content (AvgIpc) is 3.56. The molecular weight excluding hydrogens is 523 g/mol. The Morgan fingerprint density at radius 2 is 1.71 bits per heavy atom. The highest BCUT2D eigenvalue weighted by Crippen LogP contribution is 2.48. The van der Waals surface area contributed by atoms with E-state index in [0.29, 0.717) is 56.7 Å². The second kappa shape index (κ2) is 10.0. The third-order valence-electron chi connectivity index (χ3n) is 9.00. The van der Waals surface area contributed by atoms with Gasteiger partial charge in [0.25, 0.3) is 11.8 Å². The molecule has 41 heavy (non-hydrogen) atoms. The normalized spacial score (nSPS) is 24.3. The van der Waals surface area contributed by atoms with Gasteiger partial charge >= 0.3 is 0 Å². The van der Waals surface area contributed by atoms with Crippen LogP contribution in [0.25, 0.3) is 0 Å². The number of nitrogens with zero attached hydrogens (tertiary/aromatic N) is 5. The molecule has 0 bridgehead atoms. The first-order chi connectivity index (χ1) is 20.0. The van der Waals surface area contributed by atoms with E-state index in [1.54, 1.807) is 34.3 Å². The van der Waals surface area contributed by atoms with Crippen molar-refractivity contribution < 1.29 is 18.7 Å². The van der Waals surface area contributed by atoms with Crippen LogP contribution in [0.15, 0.2) is 59.9 Å². The van der Waals surface area contributed by atoms with Crippen LogP contribution < -0.4 is 5.73 Å². The Labute approximate surface area is 237 Å². The number of aromatic nitrogens is 2. The quantitative estimate of drug-likeness (QED) is 0.527. The number of benzene rings is 2. The smallest absolute Gasteiger partial charge is 0.262 e. The summed E-state index contributed by atoms with van der Waals surface area (Å²) in [6.07, 6.45) is 7.00. The van der Waals surface area contributed by atoms with Gasteiger partial charge in [-0.25, -0.2) is 9.38 Å². The number of halogens is 1. The first kappa shape index (κ1) is 25.8. The molecule has 0 saturated carbocycles. The van der Waals surface area contributed by atoms with Crippen LogP contribution in [-0.2, 0) is 34.6 Å². The molecule has 3 aromatic rings. The van der Waals surface area contributed by atoms with Crippen molar-refractivity contribution in [2.75, 3.05) is 13.2 Å². The van der Waals surface area contributed by atoms with E-state index in [2.05, 4.69) is 9.97 Å². The average molecular weight is 555 g/mol. The molecule has 2 atom stereocenters. The lowest BCUT2D eigenvalue weighted by Gasteiger charge is -2.39. The Morgan fingerprint density at radius 3 is 2.41 bits per heavy atom. The fraction of sp³-hybridized carbons (Fsp3) is 0.387. The maximum atomic E-state index is 14.6. The van der Waals surface area contributed by atoms with Crippen molar-refractivity contribution in [2.45, 2.75) is 56.8 Å². The zero-order valence-electron chi connectivity index (χ0n) is 22.6. The molecule has 4 aliphatic rings. The van der Waals surface area contributed by atoms with Gasteiger partial charge in [0.1, 0.15) is 5.82 Å². The largest absolute Gasteiger partial charge is 0.381 e. The van der Waals surface area contributed by atoms with Crippen molar-refractivity contribution in [3.63, 3.8) is 0 Å². The summed E-state index contributed by atoms with van der Waals surface area (Å²) in [5.41, 5.74) is 10.2. The predicted octanol–water partition coefficient (Wildman–Crippen LogP) is 3.63. The molecule has 1 fully saturated rings. The van der Waals surface area contributed by atoms with Crippen molar-refractivity contribution in [1.29, 1.82) is 0 Å². The van der Waals surface area contributed by atoms with Crippen LogP contribution in [0, 0.1) is 11.7 Å². The number of amides is 2. The van der Waals surface area contributed by atoms with Crippen LogP contribution in [0.3, 0.4) is 0 Å². The molecule has 2 amide bonds. The van der Waals surface area contributed by atoms with Gasteiger partial charge < -0.3 is 15.4 Å². The summed E-state index contributed by atoms with van der Waals surface area (Å²) >= 11 is 0. The molecule has 4 heterocycles. The minimum atomic E-state index is -1.24. The van der Waals surface area contributed by atoms with Crippen molar-refractivity contribution in [3.8, 4) is 0 Å². The van der Waals surface area contributed by atoms with Gasteiger partial charge in [-0.2, -0.15) is 0 Å². The number of guanidine groups is 1. The molecule has 2 aromatic carbocycles. The van der Waals surface area contributed by atoms with Gasteiger partial charge in [0.05, 0.1) is 30.5 Å². The lowest BCUT2D eigenvalue weighted by molar-refractivity contribution is -0.137. The van der Waals surface area contributed by atoms with E-state index >= 15 is 0 Å². The van der Waals surface area contributed by atoms with Crippen LogP contribution in [0.5, 0.6) is 0 Å². The molecular formula is C31H31FN6O3. The molecule has 7 rings (SSSR count). The molecule has 0 spiro atoms. The molecule has 210 valence electrons. The maximum Gasteiger partial charge on any atom is 0.262 e. The third kappa shape index (κ3) is 4.20. The van der Waals surface area contributed by atoms with Gasteiger partial charge in [-0.05, 0) is 73.1 Å². The van der Waals surface area contributed by atoms with Crippen LogP contribution >= 0.6 is 0 Å². The first-order valence-corrected chi connectivity index (χ1v) is 14.2. The van der Waals surface area contributed by atoms with Crippen molar-refractivity contribution >= 4 is 17.8 Å². The summed E-state index contributed by atoms with van der Waals surface area (Å²) in [6.45, 7) is 1.88.